The molecule has 0 atom stereocenters. The predicted octanol–water partition coefficient (Wildman–Crippen LogP) is 5.11. The van der Waals surface area contributed by atoms with Gasteiger partial charge in [-0.3, -0.25) is 4.79 Å². The van der Waals surface area contributed by atoms with Crippen LogP contribution in [-0.4, -0.2) is 5.78 Å². The van der Waals surface area contributed by atoms with Gasteiger partial charge in [0.25, 0.3) is 0 Å². The van der Waals surface area contributed by atoms with Gasteiger partial charge in [0.05, 0.1) is 5.56 Å². The van der Waals surface area contributed by atoms with Gasteiger partial charge in [-0.15, -0.1) is 0 Å². The molecule has 0 aliphatic carbocycles. The summed E-state index contributed by atoms with van der Waals surface area (Å²) >= 11 is 9.29. The Kier molecular flexibility index (Phi) is 4.55. The molecule has 5 heteroatoms. The van der Waals surface area contributed by atoms with Crippen molar-refractivity contribution in [1.82, 2.24) is 0 Å². The van der Waals surface area contributed by atoms with E-state index in [1.165, 1.54) is 13.0 Å². The van der Waals surface area contributed by atoms with Crippen molar-refractivity contribution in [2.45, 2.75) is 13.3 Å². The third-order valence-corrected chi connectivity index (χ3v) is 3.76. The molecule has 2 aromatic carbocycles. The van der Waals surface area contributed by atoms with Crippen LogP contribution in [0.1, 0.15) is 21.5 Å². The summed E-state index contributed by atoms with van der Waals surface area (Å²) in [6, 6.07) is 7.06. The number of Topliss-reactive ketones (excluding diaryl/α,β-unsaturated/α-hetero) is 1. The van der Waals surface area contributed by atoms with E-state index in [-0.39, 0.29) is 17.5 Å². The van der Waals surface area contributed by atoms with Crippen LogP contribution in [-0.2, 0) is 6.42 Å². The van der Waals surface area contributed by atoms with Crippen LogP contribution in [0.5, 0.6) is 0 Å². The van der Waals surface area contributed by atoms with Gasteiger partial charge in [0.15, 0.2) is 5.78 Å². The molecule has 1 nitrogen and oxygen atoms in total. The van der Waals surface area contributed by atoms with E-state index in [4.69, 9.17) is 11.6 Å². The summed E-state index contributed by atoms with van der Waals surface area (Å²) in [5.41, 5.74) is 0.709. The standard InChI is InChI=1S/C15H10BrClF2O/c1-8-4-11(14(19)7-13(8)18)15(20)5-9-2-3-10(16)6-12(9)17/h2-4,6-7H,5H2,1H3. The van der Waals surface area contributed by atoms with Gasteiger partial charge in [0.1, 0.15) is 11.6 Å². The van der Waals surface area contributed by atoms with Crippen molar-refractivity contribution in [3.8, 4) is 0 Å². The van der Waals surface area contributed by atoms with Crippen LogP contribution < -0.4 is 0 Å². The fourth-order valence-corrected chi connectivity index (χ4v) is 2.54. The first-order valence-electron chi connectivity index (χ1n) is 5.81. The number of rotatable bonds is 3. The molecule has 104 valence electrons. The van der Waals surface area contributed by atoms with Crippen LogP contribution in [0.25, 0.3) is 0 Å². The minimum Gasteiger partial charge on any atom is -0.294 e. The maximum atomic E-state index is 13.6. The summed E-state index contributed by atoms with van der Waals surface area (Å²) in [7, 11) is 0. The summed E-state index contributed by atoms with van der Waals surface area (Å²) < 4.78 is 27.6. The van der Waals surface area contributed by atoms with Crippen molar-refractivity contribution in [3.05, 3.63) is 68.2 Å². The summed E-state index contributed by atoms with van der Waals surface area (Å²) in [5.74, 6) is -1.96. The van der Waals surface area contributed by atoms with E-state index in [2.05, 4.69) is 15.9 Å². The lowest BCUT2D eigenvalue weighted by atomic mass is 10.0. The molecule has 0 spiro atoms. The second-order valence-corrected chi connectivity index (χ2v) is 5.74. The summed E-state index contributed by atoms with van der Waals surface area (Å²) in [6.07, 6.45) is -0.0336. The molecule has 0 saturated carbocycles. The van der Waals surface area contributed by atoms with E-state index in [9.17, 15) is 13.6 Å². The van der Waals surface area contributed by atoms with E-state index < -0.39 is 17.4 Å². The molecule has 0 aliphatic heterocycles. The molecule has 0 aromatic heterocycles. The van der Waals surface area contributed by atoms with E-state index in [0.29, 0.717) is 10.6 Å². The van der Waals surface area contributed by atoms with Crippen LogP contribution in [0.2, 0.25) is 5.02 Å². The van der Waals surface area contributed by atoms with Crippen LogP contribution in [0, 0.1) is 18.6 Å². The van der Waals surface area contributed by atoms with Gasteiger partial charge in [0.2, 0.25) is 0 Å². The number of benzene rings is 2. The van der Waals surface area contributed by atoms with Gasteiger partial charge in [-0.25, -0.2) is 8.78 Å². The van der Waals surface area contributed by atoms with Crippen molar-refractivity contribution in [2.24, 2.45) is 0 Å². The topological polar surface area (TPSA) is 17.1 Å². The van der Waals surface area contributed by atoms with E-state index in [0.717, 1.165) is 10.5 Å². The fourth-order valence-electron chi connectivity index (χ4n) is 1.80. The van der Waals surface area contributed by atoms with Crippen LogP contribution >= 0.6 is 27.5 Å². The molecule has 0 heterocycles. The highest BCUT2D eigenvalue weighted by Crippen LogP contribution is 2.23. The van der Waals surface area contributed by atoms with Gasteiger partial charge in [-0.05, 0) is 36.2 Å². The monoisotopic (exact) mass is 358 g/mol. The first-order valence-corrected chi connectivity index (χ1v) is 6.98. The van der Waals surface area contributed by atoms with Crippen molar-refractivity contribution in [3.63, 3.8) is 0 Å². The Morgan fingerprint density at radius 2 is 1.90 bits per heavy atom. The van der Waals surface area contributed by atoms with E-state index in [1.807, 2.05) is 0 Å². The van der Waals surface area contributed by atoms with Crippen molar-refractivity contribution < 1.29 is 13.6 Å². The Morgan fingerprint density at radius 1 is 1.20 bits per heavy atom. The van der Waals surface area contributed by atoms with E-state index >= 15 is 0 Å². The number of carbonyl (C=O) groups excluding carboxylic acids is 1. The van der Waals surface area contributed by atoms with Gasteiger partial charge >= 0.3 is 0 Å². The molecular weight excluding hydrogens is 350 g/mol. The molecule has 0 N–H and O–H groups in total. The molecule has 0 radical (unpaired) electrons. The predicted molar refractivity (Wildman–Crippen MR) is 78.3 cm³/mol. The largest absolute Gasteiger partial charge is 0.294 e. The normalized spacial score (nSPS) is 10.7. The maximum absolute atomic E-state index is 13.6. The Labute approximate surface area is 128 Å². The average Bonchev–Trinajstić information content (AvgIpc) is 2.37. The third-order valence-electron chi connectivity index (χ3n) is 2.91. The first-order chi connectivity index (χ1) is 9.38. The number of hydrogen-bond acceptors (Lipinski definition) is 1. The molecule has 0 amide bonds. The second-order valence-electron chi connectivity index (χ2n) is 4.42. The highest BCUT2D eigenvalue weighted by Gasteiger charge is 2.16. The molecule has 20 heavy (non-hydrogen) atoms. The Balaban J connectivity index is 2.31. The molecule has 0 fully saturated rings. The molecule has 2 rings (SSSR count). The van der Waals surface area contributed by atoms with Gasteiger partial charge in [-0.2, -0.15) is 0 Å². The van der Waals surface area contributed by atoms with Gasteiger partial charge in [0, 0.05) is 22.0 Å². The molecule has 0 unspecified atom stereocenters. The Morgan fingerprint density at radius 3 is 2.55 bits per heavy atom. The van der Waals surface area contributed by atoms with Crippen molar-refractivity contribution in [1.29, 1.82) is 0 Å². The minimum atomic E-state index is -0.855. The average molecular weight is 360 g/mol. The molecule has 2 aromatic rings. The zero-order valence-electron chi connectivity index (χ0n) is 10.5. The Bertz CT molecular complexity index is 686. The highest BCUT2D eigenvalue weighted by atomic mass is 79.9. The number of aryl methyl sites for hydroxylation is 1. The smallest absolute Gasteiger partial charge is 0.170 e. The second kappa shape index (κ2) is 6.02. The van der Waals surface area contributed by atoms with Gasteiger partial charge < -0.3 is 0 Å². The van der Waals surface area contributed by atoms with Crippen LogP contribution in [0.4, 0.5) is 8.78 Å². The summed E-state index contributed by atoms with van der Waals surface area (Å²) in [6.45, 7) is 1.48. The molecule has 0 bridgehead atoms. The fraction of sp³-hybridized carbons (Fsp3) is 0.133. The first kappa shape index (κ1) is 15.1. The lowest BCUT2D eigenvalue weighted by Gasteiger charge is -2.07. The number of halogens is 4. The molecule has 0 aliphatic rings. The summed E-state index contributed by atoms with van der Waals surface area (Å²) in [4.78, 5) is 12.1. The quantitative estimate of drug-likeness (QED) is 0.696. The lowest BCUT2D eigenvalue weighted by Crippen LogP contribution is -2.08. The molecular formula is C15H10BrClF2O. The van der Waals surface area contributed by atoms with E-state index in [1.54, 1.807) is 18.2 Å². The number of carbonyl (C=O) groups is 1. The SMILES string of the molecule is Cc1cc(C(=O)Cc2ccc(Br)cc2Cl)c(F)cc1F. The minimum absolute atomic E-state index is 0.0336. The molecule has 0 saturated heterocycles. The third kappa shape index (κ3) is 3.25. The van der Waals surface area contributed by atoms with Crippen LogP contribution in [0.15, 0.2) is 34.8 Å². The zero-order chi connectivity index (χ0) is 14.9. The highest BCUT2D eigenvalue weighted by molar-refractivity contribution is 9.10. The van der Waals surface area contributed by atoms with Crippen LogP contribution in [0.3, 0.4) is 0 Å². The summed E-state index contributed by atoms with van der Waals surface area (Å²) in [5, 5.41) is 0.423. The zero-order valence-corrected chi connectivity index (χ0v) is 12.9. The maximum Gasteiger partial charge on any atom is 0.170 e. The number of hydrogen-bond donors (Lipinski definition) is 0. The Hall–Kier alpha value is -1.26. The van der Waals surface area contributed by atoms with Gasteiger partial charge in [-0.1, -0.05) is 33.6 Å². The number of ketones is 1. The lowest BCUT2D eigenvalue weighted by molar-refractivity contribution is 0.0989. The van der Waals surface area contributed by atoms with Crippen molar-refractivity contribution in [2.75, 3.05) is 0 Å². The van der Waals surface area contributed by atoms with Crippen molar-refractivity contribution >= 4 is 33.3 Å².